The number of hydrogen-bond acceptors (Lipinski definition) is 3. The fourth-order valence-electron chi connectivity index (χ4n) is 8.42. The van der Waals surface area contributed by atoms with Crippen molar-refractivity contribution >= 4 is 32.3 Å². The molecule has 0 N–H and O–H groups in total. The summed E-state index contributed by atoms with van der Waals surface area (Å²) in [5.74, 6) is 3.80. The summed E-state index contributed by atoms with van der Waals surface area (Å²) >= 11 is 0. The van der Waals surface area contributed by atoms with E-state index in [1.807, 2.05) is 6.07 Å². The zero-order valence-corrected chi connectivity index (χ0v) is 28.4. The Morgan fingerprint density at radius 3 is 1.65 bits per heavy atom. The summed E-state index contributed by atoms with van der Waals surface area (Å²) in [5.41, 5.74) is 7.99. The SMILES string of the molecule is C=CC1C2C=CC(C)c3ccc(-c4nc(-c5cccc(-c6ccccc6)c5)nc(-c5ccc6c7ccccc7c7ccccc7c6c5)n4)cc3C12. The summed E-state index contributed by atoms with van der Waals surface area (Å²) in [6.45, 7) is 6.45. The predicted molar refractivity (Wildman–Crippen MR) is 212 cm³/mol. The Labute approximate surface area is 297 Å². The van der Waals surface area contributed by atoms with Gasteiger partial charge in [0.15, 0.2) is 17.5 Å². The fourth-order valence-corrected chi connectivity index (χ4v) is 8.42. The molecule has 0 saturated heterocycles. The van der Waals surface area contributed by atoms with Crippen LogP contribution in [0.25, 0.3) is 77.6 Å². The molecule has 3 nitrogen and oxygen atoms in total. The average molecular weight is 654 g/mol. The lowest BCUT2D eigenvalue weighted by Crippen LogP contribution is -2.02. The highest BCUT2D eigenvalue weighted by Crippen LogP contribution is 2.59. The topological polar surface area (TPSA) is 38.7 Å². The van der Waals surface area contributed by atoms with Crippen LogP contribution in [0.4, 0.5) is 0 Å². The maximum Gasteiger partial charge on any atom is 0.164 e. The zero-order valence-electron chi connectivity index (χ0n) is 28.4. The van der Waals surface area contributed by atoms with Crippen molar-refractivity contribution in [1.82, 2.24) is 15.0 Å². The molecule has 0 radical (unpaired) electrons. The third kappa shape index (κ3) is 4.92. The number of hydrogen-bond donors (Lipinski definition) is 0. The van der Waals surface area contributed by atoms with Crippen LogP contribution in [0.1, 0.15) is 29.9 Å². The molecule has 0 bridgehead atoms. The van der Waals surface area contributed by atoms with Crippen LogP contribution in [0, 0.1) is 11.8 Å². The monoisotopic (exact) mass is 653 g/mol. The van der Waals surface area contributed by atoms with Crippen molar-refractivity contribution < 1.29 is 0 Å². The van der Waals surface area contributed by atoms with Crippen LogP contribution in [0.3, 0.4) is 0 Å². The standard InChI is InChI=1S/C48H35N3/c1-3-35-42-23-20-29(2)36-24-21-34(28-44(36)45(35)42)48-50-46(32-15-11-14-31(26-32)30-12-5-4-6-13-30)49-47(51-48)33-22-25-41-39-18-8-7-16-37(39)38-17-9-10-19-40(38)43(41)27-33/h3-29,35,42,45H,1H2,2H3. The third-order valence-corrected chi connectivity index (χ3v) is 11.1. The van der Waals surface area contributed by atoms with Gasteiger partial charge in [-0.25, -0.2) is 15.0 Å². The van der Waals surface area contributed by atoms with Crippen molar-refractivity contribution in [2.45, 2.75) is 18.8 Å². The predicted octanol–water partition coefficient (Wildman–Crippen LogP) is 12.2. The Hall–Kier alpha value is -6.19. The second kappa shape index (κ2) is 11.7. The van der Waals surface area contributed by atoms with E-state index in [1.54, 1.807) is 0 Å². The molecule has 242 valence electrons. The molecule has 4 atom stereocenters. The Bertz CT molecular complexity index is 2670. The van der Waals surface area contributed by atoms with E-state index in [4.69, 9.17) is 15.0 Å². The van der Waals surface area contributed by atoms with E-state index in [1.165, 1.54) is 43.4 Å². The molecule has 51 heavy (non-hydrogen) atoms. The van der Waals surface area contributed by atoms with Crippen LogP contribution in [0.15, 0.2) is 164 Å². The van der Waals surface area contributed by atoms with Gasteiger partial charge in [0.2, 0.25) is 0 Å². The van der Waals surface area contributed by atoms with Crippen LogP contribution >= 0.6 is 0 Å². The minimum atomic E-state index is 0.362. The second-order valence-corrected chi connectivity index (χ2v) is 14.0. The van der Waals surface area contributed by atoms with Crippen LogP contribution < -0.4 is 0 Å². The second-order valence-electron chi connectivity index (χ2n) is 14.0. The quantitative estimate of drug-likeness (QED) is 0.137. The fraction of sp³-hybridized carbons (Fsp3) is 0.104. The molecule has 1 saturated carbocycles. The van der Waals surface area contributed by atoms with Gasteiger partial charge in [-0.3, -0.25) is 0 Å². The van der Waals surface area contributed by atoms with Crippen molar-refractivity contribution in [3.8, 4) is 45.3 Å². The number of aromatic nitrogens is 3. The van der Waals surface area contributed by atoms with Crippen LogP contribution in [0.5, 0.6) is 0 Å². The molecule has 8 aromatic rings. The number of fused-ring (bicyclic) bond motifs is 9. The number of benzene rings is 7. The van der Waals surface area contributed by atoms with Crippen molar-refractivity contribution in [2.75, 3.05) is 0 Å². The first kappa shape index (κ1) is 29.7. The van der Waals surface area contributed by atoms with Crippen molar-refractivity contribution in [3.63, 3.8) is 0 Å². The lowest BCUT2D eigenvalue weighted by Gasteiger charge is -2.15. The van der Waals surface area contributed by atoms with Crippen LogP contribution in [0.2, 0.25) is 0 Å². The highest BCUT2D eigenvalue weighted by molar-refractivity contribution is 6.25. The Kier molecular flexibility index (Phi) is 6.82. The largest absolute Gasteiger partial charge is 0.208 e. The minimum Gasteiger partial charge on any atom is -0.208 e. The van der Waals surface area contributed by atoms with Gasteiger partial charge in [0.1, 0.15) is 0 Å². The van der Waals surface area contributed by atoms with Gasteiger partial charge in [-0.1, -0.05) is 146 Å². The van der Waals surface area contributed by atoms with E-state index in [0.717, 1.165) is 27.8 Å². The molecule has 1 aromatic heterocycles. The van der Waals surface area contributed by atoms with Gasteiger partial charge in [-0.05, 0) is 96.4 Å². The van der Waals surface area contributed by atoms with Crippen molar-refractivity contribution in [3.05, 3.63) is 175 Å². The van der Waals surface area contributed by atoms with Gasteiger partial charge < -0.3 is 0 Å². The van der Waals surface area contributed by atoms with Crippen molar-refractivity contribution in [2.24, 2.45) is 11.8 Å². The van der Waals surface area contributed by atoms with E-state index in [0.29, 0.717) is 41.1 Å². The van der Waals surface area contributed by atoms with Gasteiger partial charge in [0, 0.05) is 16.7 Å². The molecule has 7 aromatic carbocycles. The van der Waals surface area contributed by atoms with E-state index >= 15 is 0 Å². The molecule has 2 aliphatic carbocycles. The van der Waals surface area contributed by atoms with E-state index in [9.17, 15) is 0 Å². The molecular formula is C48H35N3. The molecule has 2 aliphatic rings. The summed E-state index contributed by atoms with van der Waals surface area (Å²) < 4.78 is 0. The van der Waals surface area contributed by atoms with Crippen molar-refractivity contribution in [1.29, 1.82) is 0 Å². The summed E-state index contributed by atoms with van der Waals surface area (Å²) in [4.78, 5) is 15.6. The first-order chi connectivity index (χ1) is 25.1. The number of nitrogens with zero attached hydrogens (tertiary/aromatic N) is 3. The lowest BCUT2D eigenvalue weighted by atomic mass is 9.91. The third-order valence-electron chi connectivity index (χ3n) is 11.1. The van der Waals surface area contributed by atoms with Crippen LogP contribution in [-0.4, -0.2) is 15.0 Å². The van der Waals surface area contributed by atoms with Gasteiger partial charge in [-0.15, -0.1) is 6.58 Å². The Morgan fingerprint density at radius 1 is 0.451 bits per heavy atom. The van der Waals surface area contributed by atoms with E-state index in [-0.39, 0.29) is 0 Å². The van der Waals surface area contributed by atoms with Crippen LogP contribution in [-0.2, 0) is 0 Å². The molecule has 0 aliphatic heterocycles. The number of rotatable bonds is 5. The Morgan fingerprint density at radius 2 is 0.980 bits per heavy atom. The molecule has 10 rings (SSSR count). The average Bonchev–Trinajstić information content (AvgIpc) is 3.94. The molecule has 1 fully saturated rings. The summed E-state index contributed by atoms with van der Waals surface area (Å²) in [6.07, 6.45) is 6.88. The normalized spacial score (nSPS) is 19.1. The van der Waals surface area contributed by atoms with Gasteiger partial charge in [0.05, 0.1) is 0 Å². The molecule has 1 heterocycles. The summed E-state index contributed by atoms with van der Waals surface area (Å²) in [6, 6.07) is 49.8. The maximum absolute atomic E-state index is 5.24. The van der Waals surface area contributed by atoms with Gasteiger partial charge >= 0.3 is 0 Å². The maximum atomic E-state index is 5.24. The summed E-state index contributed by atoms with van der Waals surface area (Å²) in [5, 5.41) is 7.40. The molecule has 4 unspecified atom stereocenters. The highest BCUT2D eigenvalue weighted by Gasteiger charge is 2.49. The molecule has 0 amide bonds. The highest BCUT2D eigenvalue weighted by atomic mass is 15.0. The van der Waals surface area contributed by atoms with E-state index in [2.05, 4.69) is 165 Å². The molecule has 0 spiro atoms. The molecule has 3 heteroatoms. The van der Waals surface area contributed by atoms with Gasteiger partial charge in [-0.2, -0.15) is 0 Å². The minimum absolute atomic E-state index is 0.362. The number of allylic oxidation sites excluding steroid dienone is 3. The zero-order chi connectivity index (χ0) is 34.1. The first-order valence-electron chi connectivity index (χ1n) is 17.9. The van der Waals surface area contributed by atoms with Gasteiger partial charge in [0.25, 0.3) is 0 Å². The summed E-state index contributed by atoms with van der Waals surface area (Å²) in [7, 11) is 0. The smallest absolute Gasteiger partial charge is 0.164 e. The Balaban J connectivity index is 1.18. The first-order valence-corrected chi connectivity index (χ1v) is 17.9. The van der Waals surface area contributed by atoms with E-state index < -0.39 is 0 Å². The lowest BCUT2D eigenvalue weighted by molar-refractivity contribution is 0.907. The molecular weight excluding hydrogens is 619 g/mol.